The lowest BCUT2D eigenvalue weighted by molar-refractivity contribution is 0.426. The van der Waals surface area contributed by atoms with Crippen LogP contribution in [0.25, 0.3) is 11.1 Å². The maximum absolute atomic E-state index is 9.31. The Labute approximate surface area is 117 Å². The van der Waals surface area contributed by atoms with E-state index in [4.69, 9.17) is 11.6 Å². The average Bonchev–Trinajstić information content (AvgIpc) is 2.58. The van der Waals surface area contributed by atoms with Gasteiger partial charge in [-0.3, -0.25) is 0 Å². The molecule has 96 valence electrons. The smallest absolute Gasteiger partial charge is 0.423 e. The molecular weight excluding hydrogens is 258 g/mol. The van der Waals surface area contributed by atoms with E-state index in [2.05, 4.69) is 13.8 Å². The summed E-state index contributed by atoms with van der Waals surface area (Å²) in [4.78, 5) is 0. The Kier molecular flexibility index (Phi) is 2.75. The standard InChI is InChI=1S/C15H14BClO2/c1-15(2)13-6-3-9(16(18)19)7-12(13)11-5-4-10(17)8-14(11)15/h3-8,18-19H,1-2H3. The van der Waals surface area contributed by atoms with E-state index < -0.39 is 7.12 Å². The number of rotatable bonds is 1. The molecule has 2 nitrogen and oxygen atoms in total. The first-order valence-corrected chi connectivity index (χ1v) is 6.60. The zero-order valence-corrected chi connectivity index (χ0v) is 11.6. The molecule has 2 N–H and O–H groups in total. The van der Waals surface area contributed by atoms with Gasteiger partial charge in [-0.15, -0.1) is 0 Å². The van der Waals surface area contributed by atoms with E-state index in [0.717, 1.165) is 16.1 Å². The maximum Gasteiger partial charge on any atom is 0.488 e. The lowest BCUT2D eigenvalue weighted by Gasteiger charge is -2.21. The highest BCUT2D eigenvalue weighted by Gasteiger charge is 2.35. The second-order valence-corrected chi connectivity index (χ2v) is 5.93. The summed E-state index contributed by atoms with van der Waals surface area (Å²) in [5.41, 5.74) is 4.94. The lowest BCUT2D eigenvalue weighted by Crippen LogP contribution is -2.30. The van der Waals surface area contributed by atoms with E-state index >= 15 is 0 Å². The highest BCUT2D eigenvalue weighted by atomic mass is 35.5. The van der Waals surface area contributed by atoms with Gasteiger partial charge in [0.15, 0.2) is 0 Å². The Morgan fingerprint density at radius 2 is 1.68 bits per heavy atom. The van der Waals surface area contributed by atoms with Crippen LogP contribution in [-0.2, 0) is 5.41 Å². The Morgan fingerprint density at radius 1 is 0.947 bits per heavy atom. The number of fused-ring (bicyclic) bond motifs is 3. The van der Waals surface area contributed by atoms with E-state index in [1.54, 1.807) is 6.07 Å². The summed E-state index contributed by atoms with van der Waals surface area (Å²) in [7, 11) is -1.44. The van der Waals surface area contributed by atoms with Crippen molar-refractivity contribution in [2.75, 3.05) is 0 Å². The first-order chi connectivity index (χ1) is 8.91. The molecule has 0 aliphatic heterocycles. The molecule has 0 spiro atoms. The second-order valence-electron chi connectivity index (χ2n) is 5.49. The quantitative estimate of drug-likeness (QED) is 0.782. The van der Waals surface area contributed by atoms with Gasteiger partial charge in [-0.05, 0) is 39.8 Å². The summed E-state index contributed by atoms with van der Waals surface area (Å²) < 4.78 is 0. The van der Waals surface area contributed by atoms with Gasteiger partial charge < -0.3 is 10.0 Å². The molecule has 1 aliphatic carbocycles. The van der Waals surface area contributed by atoms with E-state index in [0.29, 0.717) is 5.46 Å². The van der Waals surface area contributed by atoms with Crippen molar-refractivity contribution in [2.24, 2.45) is 0 Å². The Morgan fingerprint density at radius 3 is 2.37 bits per heavy atom. The predicted octanol–water partition coefficient (Wildman–Crippen LogP) is 2.33. The molecular formula is C15H14BClO2. The highest BCUT2D eigenvalue weighted by molar-refractivity contribution is 6.58. The fourth-order valence-electron chi connectivity index (χ4n) is 2.90. The zero-order chi connectivity index (χ0) is 13.8. The van der Waals surface area contributed by atoms with E-state index in [-0.39, 0.29) is 5.41 Å². The van der Waals surface area contributed by atoms with Gasteiger partial charge in [0.1, 0.15) is 0 Å². The summed E-state index contributed by atoms with van der Waals surface area (Å²) in [5.74, 6) is 0. The summed E-state index contributed by atoms with van der Waals surface area (Å²) in [5, 5.41) is 19.3. The van der Waals surface area contributed by atoms with Gasteiger partial charge in [0.2, 0.25) is 0 Å². The molecule has 0 amide bonds. The predicted molar refractivity (Wildman–Crippen MR) is 78.8 cm³/mol. The minimum atomic E-state index is -1.44. The van der Waals surface area contributed by atoms with Crippen LogP contribution < -0.4 is 5.46 Å². The third kappa shape index (κ3) is 1.81. The van der Waals surface area contributed by atoms with Gasteiger partial charge >= 0.3 is 7.12 Å². The molecule has 2 aromatic rings. The minimum Gasteiger partial charge on any atom is -0.423 e. The summed E-state index contributed by atoms with van der Waals surface area (Å²) >= 11 is 6.10. The van der Waals surface area contributed by atoms with Crippen LogP contribution in [0.3, 0.4) is 0 Å². The summed E-state index contributed by atoms with van der Waals surface area (Å²) in [6.07, 6.45) is 0. The normalized spacial score (nSPS) is 15.0. The van der Waals surface area contributed by atoms with Crippen LogP contribution in [0.5, 0.6) is 0 Å². The van der Waals surface area contributed by atoms with Crippen molar-refractivity contribution in [3.8, 4) is 11.1 Å². The number of benzene rings is 2. The molecule has 1 aliphatic rings. The van der Waals surface area contributed by atoms with Gasteiger partial charge in [0.05, 0.1) is 0 Å². The SMILES string of the molecule is CC1(C)c2ccc(B(O)O)cc2-c2ccc(Cl)cc21. The first kappa shape index (κ1) is 12.7. The topological polar surface area (TPSA) is 40.5 Å². The Bertz CT molecular complexity index is 665. The van der Waals surface area contributed by atoms with Crippen LogP contribution in [0.1, 0.15) is 25.0 Å². The van der Waals surface area contributed by atoms with Crippen molar-refractivity contribution in [3.63, 3.8) is 0 Å². The van der Waals surface area contributed by atoms with Gasteiger partial charge in [0, 0.05) is 10.4 Å². The Balaban J connectivity index is 2.29. The molecule has 0 radical (unpaired) electrons. The molecule has 0 bridgehead atoms. The van der Waals surface area contributed by atoms with Gasteiger partial charge in [-0.25, -0.2) is 0 Å². The van der Waals surface area contributed by atoms with Crippen LogP contribution in [0, 0.1) is 0 Å². The fourth-order valence-corrected chi connectivity index (χ4v) is 3.08. The van der Waals surface area contributed by atoms with Crippen LogP contribution in [-0.4, -0.2) is 17.2 Å². The molecule has 0 saturated carbocycles. The molecule has 0 unspecified atom stereocenters. The zero-order valence-electron chi connectivity index (χ0n) is 10.8. The van der Waals surface area contributed by atoms with Gasteiger partial charge in [-0.2, -0.15) is 0 Å². The largest absolute Gasteiger partial charge is 0.488 e. The monoisotopic (exact) mass is 272 g/mol. The van der Waals surface area contributed by atoms with Crippen molar-refractivity contribution in [2.45, 2.75) is 19.3 Å². The summed E-state index contributed by atoms with van der Waals surface area (Å²) in [6, 6.07) is 11.4. The second kappa shape index (κ2) is 4.10. The van der Waals surface area contributed by atoms with Crippen molar-refractivity contribution in [1.82, 2.24) is 0 Å². The van der Waals surface area contributed by atoms with E-state index in [9.17, 15) is 10.0 Å². The van der Waals surface area contributed by atoms with Gasteiger partial charge in [-0.1, -0.05) is 49.7 Å². The van der Waals surface area contributed by atoms with Crippen molar-refractivity contribution in [3.05, 3.63) is 52.5 Å². The van der Waals surface area contributed by atoms with Crippen molar-refractivity contribution in [1.29, 1.82) is 0 Å². The number of hydrogen-bond acceptors (Lipinski definition) is 2. The lowest BCUT2D eigenvalue weighted by atomic mass is 9.77. The number of halogens is 1. The molecule has 0 aromatic heterocycles. The molecule has 0 atom stereocenters. The van der Waals surface area contributed by atoms with E-state index in [1.807, 2.05) is 30.3 Å². The van der Waals surface area contributed by atoms with Gasteiger partial charge in [0.25, 0.3) is 0 Å². The van der Waals surface area contributed by atoms with Crippen LogP contribution in [0.2, 0.25) is 5.02 Å². The summed E-state index contributed by atoms with van der Waals surface area (Å²) in [6.45, 7) is 4.31. The molecule has 0 saturated heterocycles. The van der Waals surface area contributed by atoms with Crippen LogP contribution >= 0.6 is 11.6 Å². The molecule has 0 heterocycles. The molecule has 3 rings (SSSR count). The number of hydrogen-bond donors (Lipinski definition) is 2. The van der Waals surface area contributed by atoms with Crippen molar-refractivity contribution < 1.29 is 10.0 Å². The van der Waals surface area contributed by atoms with Crippen molar-refractivity contribution >= 4 is 24.2 Å². The Hall–Kier alpha value is -1.29. The minimum absolute atomic E-state index is 0.117. The molecule has 19 heavy (non-hydrogen) atoms. The third-order valence-electron chi connectivity index (χ3n) is 3.96. The molecule has 0 fully saturated rings. The fraction of sp³-hybridized carbons (Fsp3) is 0.200. The van der Waals surface area contributed by atoms with Crippen LogP contribution in [0.4, 0.5) is 0 Å². The molecule has 2 aromatic carbocycles. The average molecular weight is 273 g/mol. The highest BCUT2D eigenvalue weighted by Crippen LogP contribution is 2.48. The van der Waals surface area contributed by atoms with E-state index in [1.165, 1.54) is 11.1 Å². The maximum atomic E-state index is 9.31. The third-order valence-corrected chi connectivity index (χ3v) is 4.20. The first-order valence-electron chi connectivity index (χ1n) is 6.22. The van der Waals surface area contributed by atoms with Crippen LogP contribution in [0.15, 0.2) is 36.4 Å². The molecule has 4 heteroatoms.